The molecular formula is C14H28N2O. The van der Waals surface area contributed by atoms with Crippen molar-refractivity contribution in [1.82, 2.24) is 10.2 Å². The van der Waals surface area contributed by atoms with Gasteiger partial charge < -0.3 is 10.1 Å². The molecule has 1 atom stereocenters. The molecule has 0 radical (unpaired) electrons. The summed E-state index contributed by atoms with van der Waals surface area (Å²) in [6, 6.07) is 0. The first-order valence-corrected chi connectivity index (χ1v) is 6.70. The van der Waals surface area contributed by atoms with Crippen LogP contribution in [-0.2, 0) is 4.74 Å². The summed E-state index contributed by atoms with van der Waals surface area (Å²) in [7, 11) is 0. The molecule has 1 aliphatic rings. The quantitative estimate of drug-likeness (QED) is 0.568. The number of hydrogen-bond acceptors (Lipinski definition) is 3. The Morgan fingerprint density at radius 3 is 2.82 bits per heavy atom. The van der Waals surface area contributed by atoms with Gasteiger partial charge in [0, 0.05) is 26.2 Å². The van der Waals surface area contributed by atoms with Gasteiger partial charge in [0.2, 0.25) is 0 Å². The molecule has 0 aliphatic carbocycles. The van der Waals surface area contributed by atoms with Crippen LogP contribution in [0.25, 0.3) is 0 Å². The molecule has 0 saturated carbocycles. The Kier molecular flexibility index (Phi) is 5.63. The molecule has 0 bridgehead atoms. The van der Waals surface area contributed by atoms with E-state index in [2.05, 4.69) is 44.5 Å². The highest BCUT2D eigenvalue weighted by Crippen LogP contribution is 2.21. The summed E-state index contributed by atoms with van der Waals surface area (Å²) in [6.07, 6.45) is 1.49. The fraction of sp³-hybridized carbons (Fsp3) is 0.857. The molecule has 1 saturated heterocycles. The monoisotopic (exact) mass is 240 g/mol. The number of nitrogens with one attached hydrogen (secondary N) is 1. The van der Waals surface area contributed by atoms with Crippen LogP contribution in [0.5, 0.6) is 0 Å². The number of nitrogens with zero attached hydrogens (tertiary/aromatic N) is 1. The van der Waals surface area contributed by atoms with Gasteiger partial charge in [-0.15, -0.1) is 0 Å². The molecule has 1 heterocycles. The summed E-state index contributed by atoms with van der Waals surface area (Å²) in [5.74, 6) is 0. The topological polar surface area (TPSA) is 24.5 Å². The first-order valence-electron chi connectivity index (χ1n) is 6.70. The number of rotatable bonds is 6. The van der Waals surface area contributed by atoms with Gasteiger partial charge in [-0.1, -0.05) is 13.5 Å². The number of ether oxygens (including phenoxy) is 1. The normalized spacial score (nSPS) is 24.8. The molecule has 1 N–H and O–H groups in total. The van der Waals surface area contributed by atoms with Crippen molar-refractivity contribution >= 4 is 0 Å². The van der Waals surface area contributed by atoms with Crippen LogP contribution in [0.4, 0.5) is 0 Å². The zero-order chi connectivity index (χ0) is 12.9. The highest BCUT2D eigenvalue weighted by atomic mass is 16.5. The molecule has 1 unspecified atom stereocenters. The minimum Gasteiger partial charge on any atom is -0.370 e. The van der Waals surface area contributed by atoms with Gasteiger partial charge in [-0.3, -0.25) is 4.90 Å². The van der Waals surface area contributed by atoms with E-state index in [1.54, 1.807) is 0 Å². The summed E-state index contributed by atoms with van der Waals surface area (Å²) in [5, 5.41) is 3.40. The predicted octanol–water partition coefficient (Wildman–Crippen LogP) is 2.04. The van der Waals surface area contributed by atoms with Gasteiger partial charge in [0.25, 0.3) is 0 Å². The van der Waals surface area contributed by atoms with E-state index in [1.807, 2.05) is 0 Å². The van der Waals surface area contributed by atoms with Gasteiger partial charge in [-0.2, -0.15) is 0 Å². The van der Waals surface area contributed by atoms with Gasteiger partial charge in [0.1, 0.15) is 0 Å². The van der Waals surface area contributed by atoms with E-state index in [4.69, 9.17) is 4.74 Å². The smallest absolute Gasteiger partial charge is 0.0757 e. The second-order valence-corrected chi connectivity index (χ2v) is 5.78. The van der Waals surface area contributed by atoms with Gasteiger partial charge in [0.05, 0.1) is 11.7 Å². The van der Waals surface area contributed by atoms with Crippen molar-refractivity contribution in [2.45, 2.75) is 45.8 Å². The Hall–Kier alpha value is -0.380. The van der Waals surface area contributed by atoms with E-state index in [9.17, 15) is 0 Å². The van der Waals surface area contributed by atoms with Crippen molar-refractivity contribution in [3.05, 3.63) is 12.2 Å². The molecule has 17 heavy (non-hydrogen) atoms. The SMILES string of the molecule is C=C(CNCCC)CN1CC(C)OC(C)(C)C1. The molecule has 3 heteroatoms. The maximum absolute atomic E-state index is 5.90. The van der Waals surface area contributed by atoms with Gasteiger partial charge in [-0.25, -0.2) is 0 Å². The van der Waals surface area contributed by atoms with Crippen molar-refractivity contribution in [2.75, 3.05) is 32.7 Å². The van der Waals surface area contributed by atoms with E-state index in [0.29, 0.717) is 6.10 Å². The van der Waals surface area contributed by atoms with Gasteiger partial charge in [0.15, 0.2) is 0 Å². The van der Waals surface area contributed by atoms with Gasteiger partial charge >= 0.3 is 0 Å². The van der Waals surface area contributed by atoms with Crippen molar-refractivity contribution in [3.8, 4) is 0 Å². The number of morpholine rings is 1. The summed E-state index contributed by atoms with van der Waals surface area (Å²) >= 11 is 0. The van der Waals surface area contributed by atoms with Crippen molar-refractivity contribution in [3.63, 3.8) is 0 Å². The van der Waals surface area contributed by atoms with Crippen LogP contribution in [0.2, 0.25) is 0 Å². The Labute approximate surface area is 106 Å². The van der Waals surface area contributed by atoms with Crippen molar-refractivity contribution in [2.24, 2.45) is 0 Å². The second-order valence-electron chi connectivity index (χ2n) is 5.78. The zero-order valence-electron chi connectivity index (χ0n) is 11.9. The van der Waals surface area contributed by atoms with E-state index in [-0.39, 0.29) is 5.60 Å². The molecule has 0 spiro atoms. The Morgan fingerprint density at radius 2 is 2.24 bits per heavy atom. The maximum Gasteiger partial charge on any atom is 0.0757 e. The number of hydrogen-bond donors (Lipinski definition) is 1. The van der Waals surface area contributed by atoms with E-state index in [1.165, 1.54) is 12.0 Å². The summed E-state index contributed by atoms with van der Waals surface area (Å²) in [4.78, 5) is 2.45. The molecule has 0 amide bonds. The standard InChI is InChI=1S/C14H28N2O/c1-6-7-15-8-12(2)9-16-10-13(3)17-14(4,5)11-16/h13,15H,2,6-11H2,1,3-5H3. The summed E-state index contributed by atoms with van der Waals surface area (Å²) in [6.45, 7) is 17.8. The third-order valence-electron chi connectivity index (χ3n) is 2.89. The van der Waals surface area contributed by atoms with E-state index < -0.39 is 0 Å². The van der Waals surface area contributed by atoms with Crippen molar-refractivity contribution < 1.29 is 4.74 Å². The molecule has 1 aliphatic heterocycles. The highest BCUT2D eigenvalue weighted by molar-refractivity contribution is 5.01. The first kappa shape index (κ1) is 14.7. The fourth-order valence-corrected chi connectivity index (χ4v) is 2.52. The molecule has 3 nitrogen and oxygen atoms in total. The first-order chi connectivity index (χ1) is 7.93. The largest absolute Gasteiger partial charge is 0.370 e. The molecule has 100 valence electrons. The van der Waals surface area contributed by atoms with Crippen LogP contribution in [0.3, 0.4) is 0 Å². The lowest BCUT2D eigenvalue weighted by Gasteiger charge is -2.42. The molecular weight excluding hydrogens is 212 g/mol. The Morgan fingerprint density at radius 1 is 1.53 bits per heavy atom. The highest BCUT2D eigenvalue weighted by Gasteiger charge is 2.31. The van der Waals surface area contributed by atoms with Crippen LogP contribution in [0.15, 0.2) is 12.2 Å². The zero-order valence-corrected chi connectivity index (χ0v) is 11.9. The summed E-state index contributed by atoms with van der Waals surface area (Å²) in [5.41, 5.74) is 1.23. The second kappa shape index (κ2) is 6.53. The molecule has 0 aromatic rings. The lowest BCUT2D eigenvalue weighted by molar-refractivity contribution is -0.126. The predicted molar refractivity (Wildman–Crippen MR) is 73.4 cm³/mol. The van der Waals surface area contributed by atoms with Crippen LogP contribution in [0, 0.1) is 0 Å². The fourth-order valence-electron chi connectivity index (χ4n) is 2.52. The minimum absolute atomic E-state index is 0.0329. The third kappa shape index (κ3) is 5.66. The lowest BCUT2D eigenvalue weighted by atomic mass is 10.0. The van der Waals surface area contributed by atoms with Crippen LogP contribution < -0.4 is 5.32 Å². The van der Waals surface area contributed by atoms with Crippen LogP contribution >= 0.6 is 0 Å². The van der Waals surface area contributed by atoms with Crippen LogP contribution in [0.1, 0.15) is 34.1 Å². The molecule has 0 aromatic heterocycles. The Balaban J connectivity index is 2.32. The van der Waals surface area contributed by atoms with Gasteiger partial charge in [-0.05, 0) is 39.3 Å². The average molecular weight is 240 g/mol. The average Bonchev–Trinajstić information content (AvgIpc) is 2.14. The van der Waals surface area contributed by atoms with Crippen molar-refractivity contribution in [1.29, 1.82) is 0 Å². The lowest BCUT2D eigenvalue weighted by Crippen LogP contribution is -2.52. The maximum atomic E-state index is 5.90. The Bertz CT molecular complexity index is 251. The molecule has 1 fully saturated rings. The summed E-state index contributed by atoms with van der Waals surface area (Å²) < 4.78 is 5.90. The minimum atomic E-state index is -0.0329. The third-order valence-corrected chi connectivity index (χ3v) is 2.89. The van der Waals surface area contributed by atoms with Crippen LogP contribution in [-0.4, -0.2) is 49.3 Å². The molecule has 0 aromatic carbocycles. The molecule has 1 rings (SSSR count). The van der Waals surface area contributed by atoms with E-state index in [0.717, 1.165) is 32.7 Å². The van der Waals surface area contributed by atoms with E-state index >= 15 is 0 Å².